The van der Waals surface area contributed by atoms with Crippen molar-refractivity contribution in [1.82, 2.24) is 24.6 Å². The normalized spacial score (nSPS) is 12.0. The van der Waals surface area contributed by atoms with Gasteiger partial charge in [-0.1, -0.05) is 0 Å². The summed E-state index contributed by atoms with van der Waals surface area (Å²) in [6.45, 7) is 3.28. The summed E-state index contributed by atoms with van der Waals surface area (Å²) >= 11 is 0. The number of hydroxylamine groups is 2. The highest BCUT2D eigenvalue weighted by molar-refractivity contribution is 5.75. The summed E-state index contributed by atoms with van der Waals surface area (Å²) in [5.74, 6) is -1.60. The molecule has 2 aromatic heterocycles. The molecule has 0 aliphatic carbocycles. The van der Waals surface area contributed by atoms with Gasteiger partial charge in [-0.2, -0.15) is 18.2 Å². The Hall–Kier alpha value is -2.23. The SMILES string of the molecule is CON(C)C(=O)CCc1c(C)nc2nc(C(F)(F)F)nn2c1C. The fourth-order valence-electron chi connectivity index (χ4n) is 2.18. The predicted molar refractivity (Wildman–Crippen MR) is 73.4 cm³/mol. The van der Waals surface area contributed by atoms with Gasteiger partial charge in [-0.05, 0) is 25.8 Å². The van der Waals surface area contributed by atoms with Gasteiger partial charge in [-0.3, -0.25) is 9.63 Å². The number of aryl methyl sites for hydroxylation is 2. The number of halogens is 3. The molecule has 0 bridgehead atoms. The molecule has 126 valence electrons. The maximum absolute atomic E-state index is 12.7. The van der Waals surface area contributed by atoms with Gasteiger partial charge < -0.3 is 0 Å². The molecule has 23 heavy (non-hydrogen) atoms. The molecule has 0 radical (unpaired) electrons. The van der Waals surface area contributed by atoms with E-state index in [4.69, 9.17) is 4.84 Å². The van der Waals surface area contributed by atoms with Gasteiger partial charge in [0.05, 0.1) is 7.11 Å². The minimum atomic E-state index is -4.63. The minimum Gasteiger partial charge on any atom is -0.275 e. The second-order valence-electron chi connectivity index (χ2n) is 4.98. The Kier molecular flexibility index (Phi) is 4.55. The average Bonchev–Trinajstić information content (AvgIpc) is 2.90. The number of carbonyl (C=O) groups excluding carboxylic acids is 1. The average molecular weight is 331 g/mol. The van der Waals surface area contributed by atoms with Gasteiger partial charge in [0.15, 0.2) is 0 Å². The summed E-state index contributed by atoms with van der Waals surface area (Å²) in [6, 6.07) is 0. The lowest BCUT2D eigenvalue weighted by Gasteiger charge is -2.14. The van der Waals surface area contributed by atoms with E-state index in [0.717, 1.165) is 9.58 Å². The van der Waals surface area contributed by atoms with Gasteiger partial charge in [0, 0.05) is 24.9 Å². The molecule has 0 fully saturated rings. The number of carbonyl (C=O) groups is 1. The third-order valence-corrected chi connectivity index (χ3v) is 3.52. The molecular weight excluding hydrogens is 315 g/mol. The molecule has 2 heterocycles. The summed E-state index contributed by atoms with van der Waals surface area (Å²) in [7, 11) is 2.85. The Balaban J connectivity index is 2.36. The minimum absolute atomic E-state index is 0.114. The second-order valence-corrected chi connectivity index (χ2v) is 4.98. The van der Waals surface area contributed by atoms with E-state index in [9.17, 15) is 18.0 Å². The Bertz CT molecular complexity index is 741. The summed E-state index contributed by atoms with van der Waals surface area (Å²) in [5, 5.41) is 4.55. The van der Waals surface area contributed by atoms with Crippen LogP contribution >= 0.6 is 0 Å². The number of aromatic nitrogens is 4. The second kappa shape index (κ2) is 6.11. The molecule has 1 amide bonds. The molecule has 0 atom stereocenters. The first-order valence-electron chi connectivity index (χ1n) is 6.76. The summed E-state index contributed by atoms with van der Waals surface area (Å²) in [5.41, 5.74) is 1.65. The van der Waals surface area contributed by atoms with Crippen molar-refractivity contribution < 1.29 is 22.8 Å². The van der Waals surface area contributed by atoms with Crippen molar-refractivity contribution in [1.29, 1.82) is 0 Å². The highest BCUT2D eigenvalue weighted by atomic mass is 19.4. The number of hydrogen-bond acceptors (Lipinski definition) is 5. The van der Waals surface area contributed by atoms with Crippen molar-refractivity contribution in [2.45, 2.75) is 32.9 Å². The molecule has 10 heteroatoms. The van der Waals surface area contributed by atoms with Crippen molar-refractivity contribution >= 4 is 11.7 Å². The third kappa shape index (κ3) is 3.41. The molecule has 0 N–H and O–H groups in total. The number of alkyl halides is 3. The van der Waals surface area contributed by atoms with Crippen LogP contribution in [0, 0.1) is 13.8 Å². The molecule has 0 saturated carbocycles. The molecule has 2 aromatic rings. The van der Waals surface area contributed by atoms with E-state index in [0.29, 0.717) is 23.4 Å². The Morgan fingerprint density at radius 3 is 2.52 bits per heavy atom. The fourth-order valence-corrected chi connectivity index (χ4v) is 2.18. The van der Waals surface area contributed by atoms with Crippen LogP contribution in [0.4, 0.5) is 13.2 Å². The number of rotatable bonds is 4. The molecule has 2 rings (SSSR count). The van der Waals surface area contributed by atoms with E-state index in [1.165, 1.54) is 14.2 Å². The largest absolute Gasteiger partial charge is 0.453 e. The van der Waals surface area contributed by atoms with Gasteiger partial charge in [0.2, 0.25) is 5.91 Å². The Morgan fingerprint density at radius 2 is 1.96 bits per heavy atom. The van der Waals surface area contributed by atoms with Gasteiger partial charge in [0.1, 0.15) is 0 Å². The predicted octanol–water partition coefficient (Wildman–Crippen LogP) is 1.71. The smallest absolute Gasteiger partial charge is 0.275 e. The standard InChI is InChI=1S/C13H16F3N5O2/c1-7-9(5-6-10(22)20(3)23-4)8(2)21-12(17-7)18-11(19-21)13(14,15)16/h5-6H2,1-4H3. The summed E-state index contributed by atoms with van der Waals surface area (Å²) in [6.07, 6.45) is -4.18. The van der Waals surface area contributed by atoms with E-state index in [-0.39, 0.29) is 18.1 Å². The van der Waals surface area contributed by atoms with Crippen molar-refractivity contribution in [3.05, 3.63) is 22.8 Å². The van der Waals surface area contributed by atoms with Crippen molar-refractivity contribution in [3.8, 4) is 0 Å². The quantitative estimate of drug-likeness (QED) is 0.798. The van der Waals surface area contributed by atoms with Crippen LogP contribution in [-0.4, -0.2) is 44.7 Å². The number of nitrogens with zero attached hydrogens (tertiary/aromatic N) is 5. The monoisotopic (exact) mass is 331 g/mol. The molecular formula is C13H16F3N5O2. The number of hydrogen-bond donors (Lipinski definition) is 0. The molecule has 0 aromatic carbocycles. The van der Waals surface area contributed by atoms with Crippen LogP contribution in [0.1, 0.15) is 29.2 Å². The van der Waals surface area contributed by atoms with E-state index in [1.54, 1.807) is 13.8 Å². The van der Waals surface area contributed by atoms with Gasteiger partial charge in [0.25, 0.3) is 11.6 Å². The third-order valence-electron chi connectivity index (χ3n) is 3.52. The fraction of sp³-hybridized carbons (Fsp3) is 0.538. The first kappa shape index (κ1) is 17.1. The van der Waals surface area contributed by atoms with Crippen molar-refractivity contribution in [2.75, 3.05) is 14.2 Å². The van der Waals surface area contributed by atoms with Gasteiger partial charge in [-0.25, -0.2) is 14.6 Å². The maximum Gasteiger partial charge on any atom is 0.453 e. The highest BCUT2D eigenvalue weighted by Crippen LogP contribution is 2.27. The summed E-state index contributed by atoms with van der Waals surface area (Å²) < 4.78 is 39.2. The summed E-state index contributed by atoms with van der Waals surface area (Å²) in [4.78, 5) is 24.0. The molecule has 0 unspecified atom stereocenters. The lowest BCUT2D eigenvalue weighted by Crippen LogP contribution is -2.25. The van der Waals surface area contributed by atoms with E-state index < -0.39 is 12.0 Å². The maximum atomic E-state index is 12.7. The molecule has 0 spiro atoms. The molecule has 0 saturated heterocycles. The topological polar surface area (TPSA) is 72.6 Å². The molecule has 0 aliphatic heterocycles. The van der Waals surface area contributed by atoms with Crippen LogP contribution in [-0.2, 0) is 22.2 Å². The van der Waals surface area contributed by atoms with E-state index in [2.05, 4.69) is 15.1 Å². The first-order valence-corrected chi connectivity index (χ1v) is 6.76. The molecule has 0 aliphatic rings. The van der Waals surface area contributed by atoms with Gasteiger partial charge in [-0.15, -0.1) is 5.10 Å². The van der Waals surface area contributed by atoms with Crippen molar-refractivity contribution in [2.24, 2.45) is 0 Å². The lowest BCUT2D eigenvalue weighted by atomic mass is 10.1. The number of fused-ring (bicyclic) bond motifs is 1. The van der Waals surface area contributed by atoms with Crippen molar-refractivity contribution in [3.63, 3.8) is 0 Å². The van der Waals surface area contributed by atoms with Gasteiger partial charge >= 0.3 is 6.18 Å². The zero-order chi connectivity index (χ0) is 17.4. The Labute approximate surface area is 130 Å². The van der Waals surface area contributed by atoms with Crippen LogP contribution in [0.2, 0.25) is 0 Å². The lowest BCUT2D eigenvalue weighted by molar-refractivity contribution is -0.168. The Morgan fingerprint density at radius 1 is 1.30 bits per heavy atom. The first-order chi connectivity index (χ1) is 10.6. The zero-order valence-corrected chi connectivity index (χ0v) is 13.1. The van der Waals surface area contributed by atoms with Crippen LogP contribution in [0.3, 0.4) is 0 Å². The zero-order valence-electron chi connectivity index (χ0n) is 13.1. The van der Waals surface area contributed by atoms with Crippen LogP contribution in [0.15, 0.2) is 0 Å². The highest BCUT2D eigenvalue weighted by Gasteiger charge is 2.36. The van der Waals surface area contributed by atoms with Crippen LogP contribution in [0.5, 0.6) is 0 Å². The van der Waals surface area contributed by atoms with Crippen LogP contribution in [0.25, 0.3) is 5.78 Å². The molecule has 7 nitrogen and oxygen atoms in total. The van der Waals surface area contributed by atoms with Crippen LogP contribution < -0.4 is 0 Å². The van der Waals surface area contributed by atoms with E-state index in [1.807, 2.05) is 0 Å². The van der Waals surface area contributed by atoms with E-state index >= 15 is 0 Å². The number of amides is 1.